The molecular weight excluding hydrogens is 274 g/mol. The Morgan fingerprint density at radius 1 is 1.10 bits per heavy atom. The lowest BCUT2D eigenvalue weighted by molar-refractivity contribution is 0.960. The van der Waals surface area contributed by atoms with Gasteiger partial charge in [-0.2, -0.15) is 10.1 Å². The monoisotopic (exact) mass is 283 g/mol. The maximum atomic E-state index is 11.4. The molecule has 0 aliphatic carbocycles. The third kappa shape index (κ3) is 2.81. The molecule has 0 unspecified atom stereocenters. The first-order valence-electron chi connectivity index (χ1n) is 5.93. The number of hydrazone groups is 1. The third-order valence-electron chi connectivity index (χ3n) is 2.54. The molecule has 1 aromatic carbocycles. The van der Waals surface area contributed by atoms with Crippen LogP contribution in [-0.2, 0) is 0 Å². The van der Waals surface area contributed by atoms with Crippen LogP contribution < -0.4 is 16.7 Å². The fraction of sp³-hybridized carbons (Fsp3) is 0. The summed E-state index contributed by atoms with van der Waals surface area (Å²) in [6.45, 7) is 0. The summed E-state index contributed by atoms with van der Waals surface area (Å²) in [5.74, 6) is 0.0657. The van der Waals surface area contributed by atoms with E-state index in [2.05, 4.69) is 30.7 Å². The van der Waals surface area contributed by atoms with E-state index in [0.717, 1.165) is 5.56 Å². The summed E-state index contributed by atoms with van der Waals surface area (Å²) in [6.07, 6.45) is 1.58. The van der Waals surface area contributed by atoms with Crippen LogP contribution in [-0.4, -0.2) is 31.4 Å². The highest BCUT2D eigenvalue weighted by Gasteiger charge is 2.05. The summed E-state index contributed by atoms with van der Waals surface area (Å²) in [4.78, 5) is 31.0. The average molecular weight is 283 g/mol. The normalized spacial score (nSPS) is 11.0. The molecule has 2 aromatic heterocycles. The van der Waals surface area contributed by atoms with Gasteiger partial charge in [-0.15, -0.1) is 10.2 Å². The molecule has 0 spiro atoms. The SMILES string of the molecule is O=c1[nH]c(=O)c2nnc(N/N=C/c3ccccc3)nc2[nH]1. The number of benzene rings is 1. The molecule has 9 nitrogen and oxygen atoms in total. The Labute approximate surface area is 116 Å². The minimum Gasteiger partial charge on any atom is -0.290 e. The smallest absolute Gasteiger partial charge is 0.290 e. The molecule has 9 heteroatoms. The summed E-state index contributed by atoms with van der Waals surface area (Å²) >= 11 is 0. The second-order valence-corrected chi connectivity index (χ2v) is 4.02. The number of aromatic nitrogens is 5. The minimum absolute atomic E-state index is 0.0381. The number of hydrogen-bond donors (Lipinski definition) is 3. The van der Waals surface area contributed by atoms with Gasteiger partial charge in [-0.3, -0.25) is 14.8 Å². The molecule has 0 fully saturated rings. The van der Waals surface area contributed by atoms with E-state index in [1.54, 1.807) is 6.21 Å². The van der Waals surface area contributed by atoms with Crippen molar-refractivity contribution in [3.63, 3.8) is 0 Å². The number of nitrogens with zero attached hydrogens (tertiary/aromatic N) is 4. The Bertz CT molecular complexity index is 914. The van der Waals surface area contributed by atoms with Crippen LogP contribution in [0.3, 0.4) is 0 Å². The summed E-state index contributed by atoms with van der Waals surface area (Å²) in [5, 5.41) is 11.3. The van der Waals surface area contributed by atoms with Crippen LogP contribution in [0, 0.1) is 0 Å². The fourth-order valence-corrected chi connectivity index (χ4v) is 1.62. The molecule has 104 valence electrons. The Morgan fingerprint density at radius 2 is 1.90 bits per heavy atom. The van der Waals surface area contributed by atoms with Gasteiger partial charge in [0.05, 0.1) is 6.21 Å². The van der Waals surface area contributed by atoms with E-state index in [0.29, 0.717) is 0 Å². The number of fused-ring (bicyclic) bond motifs is 1. The fourth-order valence-electron chi connectivity index (χ4n) is 1.62. The van der Waals surface area contributed by atoms with Gasteiger partial charge in [0.15, 0.2) is 11.2 Å². The summed E-state index contributed by atoms with van der Waals surface area (Å²) < 4.78 is 0. The third-order valence-corrected chi connectivity index (χ3v) is 2.54. The van der Waals surface area contributed by atoms with Gasteiger partial charge >= 0.3 is 5.69 Å². The molecule has 3 N–H and O–H groups in total. The zero-order valence-corrected chi connectivity index (χ0v) is 10.6. The van der Waals surface area contributed by atoms with Crippen molar-refractivity contribution in [2.75, 3.05) is 5.43 Å². The molecule has 2 heterocycles. The van der Waals surface area contributed by atoms with Crippen LogP contribution >= 0.6 is 0 Å². The van der Waals surface area contributed by atoms with Crippen molar-refractivity contribution in [1.29, 1.82) is 0 Å². The van der Waals surface area contributed by atoms with Crippen molar-refractivity contribution in [3.8, 4) is 0 Å². The molecule has 0 amide bonds. The molecule has 0 aliphatic heterocycles. The summed E-state index contributed by atoms with van der Waals surface area (Å²) in [7, 11) is 0. The lowest BCUT2D eigenvalue weighted by atomic mass is 10.2. The van der Waals surface area contributed by atoms with Gasteiger partial charge < -0.3 is 0 Å². The second-order valence-electron chi connectivity index (χ2n) is 4.02. The maximum Gasteiger partial charge on any atom is 0.327 e. The van der Waals surface area contributed by atoms with E-state index in [4.69, 9.17) is 0 Å². The maximum absolute atomic E-state index is 11.4. The highest BCUT2D eigenvalue weighted by atomic mass is 16.2. The predicted octanol–water partition coefficient (Wildman–Crippen LogP) is -0.153. The topological polar surface area (TPSA) is 129 Å². The number of H-pyrrole nitrogens is 2. The number of rotatable bonds is 3. The van der Waals surface area contributed by atoms with Crippen molar-refractivity contribution in [2.24, 2.45) is 5.10 Å². The van der Waals surface area contributed by atoms with Gasteiger partial charge in [-0.25, -0.2) is 10.2 Å². The van der Waals surface area contributed by atoms with Crippen molar-refractivity contribution in [3.05, 3.63) is 56.7 Å². The number of hydrogen-bond acceptors (Lipinski definition) is 7. The lowest BCUT2D eigenvalue weighted by Gasteiger charge is -1.98. The van der Waals surface area contributed by atoms with Crippen LogP contribution in [0.25, 0.3) is 11.2 Å². The minimum atomic E-state index is -0.660. The molecule has 3 aromatic rings. The molecule has 0 saturated heterocycles. The standard InChI is InChI=1S/C12H9N7O2/c20-10-8-9(15-12(21)16-10)14-11(19-17-8)18-13-6-7-4-2-1-3-5-7/h1-6H,(H3,14,15,16,18,19,20,21)/b13-6+. The summed E-state index contributed by atoms with van der Waals surface area (Å²) in [5.41, 5.74) is 2.15. The first-order valence-corrected chi connectivity index (χ1v) is 5.93. The molecule has 0 atom stereocenters. The van der Waals surface area contributed by atoms with Crippen molar-refractivity contribution < 1.29 is 0 Å². The highest BCUT2D eigenvalue weighted by Crippen LogP contribution is 2.01. The van der Waals surface area contributed by atoms with Crippen molar-refractivity contribution in [1.82, 2.24) is 25.1 Å². The Kier molecular flexibility index (Phi) is 3.21. The van der Waals surface area contributed by atoms with Gasteiger partial charge in [-0.05, 0) is 5.56 Å². The van der Waals surface area contributed by atoms with E-state index in [1.165, 1.54) is 0 Å². The first-order chi connectivity index (χ1) is 10.2. The lowest BCUT2D eigenvalue weighted by Crippen LogP contribution is -2.23. The van der Waals surface area contributed by atoms with Crippen LogP contribution in [0.15, 0.2) is 45.0 Å². The van der Waals surface area contributed by atoms with Gasteiger partial charge in [0, 0.05) is 0 Å². The Hall–Kier alpha value is -3.36. The van der Waals surface area contributed by atoms with Gasteiger partial charge in [-0.1, -0.05) is 30.3 Å². The number of aromatic amines is 2. The predicted molar refractivity (Wildman–Crippen MR) is 76.2 cm³/mol. The van der Waals surface area contributed by atoms with E-state index in [9.17, 15) is 9.59 Å². The van der Waals surface area contributed by atoms with Crippen molar-refractivity contribution >= 4 is 23.3 Å². The molecule has 0 aliphatic rings. The zero-order valence-electron chi connectivity index (χ0n) is 10.6. The van der Waals surface area contributed by atoms with E-state index in [-0.39, 0.29) is 17.1 Å². The molecule has 3 rings (SSSR count). The van der Waals surface area contributed by atoms with Crippen molar-refractivity contribution in [2.45, 2.75) is 0 Å². The molecule has 0 bridgehead atoms. The quantitative estimate of drug-likeness (QED) is 0.453. The first kappa shape index (κ1) is 12.7. The molecule has 0 saturated carbocycles. The summed E-state index contributed by atoms with van der Waals surface area (Å²) in [6, 6.07) is 9.41. The van der Waals surface area contributed by atoms with E-state index < -0.39 is 11.2 Å². The number of nitrogens with one attached hydrogen (secondary N) is 3. The van der Waals surface area contributed by atoms with Crippen LogP contribution in [0.1, 0.15) is 5.56 Å². The number of anilines is 1. The van der Waals surface area contributed by atoms with Crippen LogP contribution in [0.4, 0.5) is 5.95 Å². The molecule has 0 radical (unpaired) electrons. The van der Waals surface area contributed by atoms with Gasteiger partial charge in [0.1, 0.15) is 0 Å². The zero-order chi connectivity index (χ0) is 14.7. The molecule has 21 heavy (non-hydrogen) atoms. The molecular formula is C12H9N7O2. The van der Waals surface area contributed by atoms with Crippen LogP contribution in [0.5, 0.6) is 0 Å². The van der Waals surface area contributed by atoms with Crippen LogP contribution in [0.2, 0.25) is 0 Å². The largest absolute Gasteiger partial charge is 0.327 e. The second kappa shape index (κ2) is 5.33. The van der Waals surface area contributed by atoms with E-state index >= 15 is 0 Å². The van der Waals surface area contributed by atoms with Gasteiger partial charge in [0.25, 0.3) is 11.5 Å². The Morgan fingerprint density at radius 3 is 2.71 bits per heavy atom. The van der Waals surface area contributed by atoms with E-state index in [1.807, 2.05) is 35.3 Å². The highest BCUT2D eigenvalue weighted by molar-refractivity contribution is 5.79. The average Bonchev–Trinajstić information content (AvgIpc) is 2.48. The van der Waals surface area contributed by atoms with Gasteiger partial charge in [0.2, 0.25) is 0 Å². The Balaban J connectivity index is 1.87.